The van der Waals surface area contributed by atoms with Crippen LogP contribution in [0.5, 0.6) is 0 Å². The Morgan fingerprint density at radius 2 is 1.70 bits per heavy atom. The largest absolute Gasteiger partial charge is 0.327 e. The molecule has 1 aliphatic rings. The molecule has 30 heavy (non-hydrogen) atoms. The average molecular weight is 413 g/mol. The predicted octanol–water partition coefficient (Wildman–Crippen LogP) is 5.88. The summed E-state index contributed by atoms with van der Waals surface area (Å²) in [6.45, 7) is 0.994. The first kappa shape index (κ1) is 18.6. The maximum atomic E-state index is 12.3. The van der Waals surface area contributed by atoms with Crippen LogP contribution in [-0.2, 0) is 13.0 Å². The Morgan fingerprint density at radius 1 is 0.933 bits per heavy atom. The van der Waals surface area contributed by atoms with Crippen LogP contribution in [0.4, 0.5) is 10.5 Å². The van der Waals surface area contributed by atoms with Gasteiger partial charge in [-0.15, -0.1) is 0 Å². The molecule has 1 aliphatic heterocycles. The normalized spacial score (nSPS) is 12.5. The molecule has 0 bridgehead atoms. The molecule has 2 aromatic carbocycles. The summed E-state index contributed by atoms with van der Waals surface area (Å²) in [5, 5.41) is 2.79. The van der Waals surface area contributed by atoms with Crippen molar-refractivity contribution in [2.24, 2.45) is 0 Å². The number of fused-ring (bicyclic) bond motifs is 1. The Balaban J connectivity index is 1.39. The van der Waals surface area contributed by atoms with Gasteiger partial charge in [-0.1, -0.05) is 30.3 Å². The van der Waals surface area contributed by atoms with Gasteiger partial charge in [-0.2, -0.15) is 0 Å². The van der Waals surface area contributed by atoms with Gasteiger partial charge in [0.25, 0.3) is 5.24 Å². The summed E-state index contributed by atoms with van der Waals surface area (Å²) >= 11 is 1.18. The number of hydrogen-bond donors (Lipinski definition) is 1. The molecule has 6 heteroatoms. The number of anilines is 1. The van der Waals surface area contributed by atoms with Gasteiger partial charge in [-0.05, 0) is 54.6 Å². The van der Waals surface area contributed by atoms with E-state index in [2.05, 4.69) is 14.9 Å². The summed E-state index contributed by atoms with van der Waals surface area (Å²) in [5.74, 6) is 1.14. The lowest BCUT2D eigenvalue weighted by atomic mass is 10.1. The molecule has 0 aliphatic carbocycles. The number of benzene rings is 2. The first-order valence-corrected chi connectivity index (χ1v) is 10.7. The molecular formula is C24H20N4OS. The van der Waals surface area contributed by atoms with Crippen LogP contribution in [0.15, 0.2) is 84.0 Å². The molecule has 0 saturated heterocycles. The van der Waals surface area contributed by atoms with Crippen LogP contribution in [0.2, 0.25) is 0 Å². The highest BCUT2D eigenvalue weighted by atomic mass is 32.2. The third-order valence-corrected chi connectivity index (χ3v) is 5.94. The molecular weight excluding hydrogens is 392 g/mol. The number of carbonyl (C=O) groups is 1. The highest BCUT2D eigenvalue weighted by Crippen LogP contribution is 2.36. The Morgan fingerprint density at radius 3 is 2.47 bits per heavy atom. The Labute approximate surface area is 179 Å². The minimum absolute atomic E-state index is 0.104. The van der Waals surface area contributed by atoms with Gasteiger partial charge >= 0.3 is 0 Å². The number of aromatic nitrogens is 3. The van der Waals surface area contributed by atoms with Gasteiger partial charge in [0.15, 0.2) is 0 Å². The number of aryl methyl sites for hydroxylation is 1. The van der Waals surface area contributed by atoms with Crippen LogP contribution in [0, 0.1) is 0 Å². The minimum Gasteiger partial charge on any atom is -0.327 e. The highest BCUT2D eigenvalue weighted by Gasteiger charge is 2.23. The summed E-state index contributed by atoms with van der Waals surface area (Å²) in [5.41, 5.74) is 5.10. The lowest BCUT2D eigenvalue weighted by Crippen LogP contribution is -2.04. The van der Waals surface area contributed by atoms with E-state index in [1.807, 2.05) is 79.1 Å². The number of carbonyl (C=O) groups excluding carboxylic acids is 1. The van der Waals surface area contributed by atoms with Crippen LogP contribution >= 0.6 is 11.8 Å². The molecule has 2 aromatic heterocycles. The van der Waals surface area contributed by atoms with E-state index in [0.717, 1.165) is 58.3 Å². The molecule has 148 valence electrons. The van der Waals surface area contributed by atoms with E-state index in [-0.39, 0.29) is 5.24 Å². The quantitative estimate of drug-likeness (QED) is 0.425. The molecule has 0 saturated carbocycles. The number of para-hydroxylation sites is 1. The molecule has 0 unspecified atom stereocenters. The first-order chi connectivity index (χ1) is 14.8. The summed E-state index contributed by atoms with van der Waals surface area (Å²) in [6, 6.07) is 21.6. The maximum absolute atomic E-state index is 12.3. The van der Waals surface area contributed by atoms with Crippen molar-refractivity contribution in [3.05, 3.63) is 84.9 Å². The number of rotatable bonds is 4. The van der Waals surface area contributed by atoms with Gasteiger partial charge in [0.1, 0.15) is 5.82 Å². The van der Waals surface area contributed by atoms with E-state index < -0.39 is 0 Å². The molecule has 3 heterocycles. The van der Waals surface area contributed by atoms with Crippen molar-refractivity contribution in [2.45, 2.75) is 24.3 Å². The fraction of sp³-hybridized carbons (Fsp3) is 0.125. The fourth-order valence-corrected chi connectivity index (χ4v) is 4.44. The van der Waals surface area contributed by atoms with Crippen molar-refractivity contribution in [1.29, 1.82) is 0 Å². The van der Waals surface area contributed by atoms with Crippen LogP contribution in [0.1, 0.15) is 12.2 Å². The van der Waals surface area contributed by atoms with E-state index in [0.29, 0.717) is 0 Å². The molecule has 0 fully saturated rings. The number of nitrogens with one attached hydrogen (secondary N) is 1. The number of nitrogens with zero attached hydrogens (tertiary/aromatic N) is 3. The summed E-state index contributed by atoms with van der Waals surface area (Å²) < 4.78 is 2.32. The van der Waals surface area contributed by atoms with Crippen molar-refractivity contribution in [2.75, 3.05) is 5.32 Å². The van der Waals surface area contributed by atoms with Gasteiger partial charge in [-0.25, -0.2) is 4.98 Å². The van der Waals surface area contributed by atoms with Crippen molar-refractivity contribution >= 4 is 22.7 Å². The molecule has 5 nitrogen and oxygen atoms in total. The molecule has 0 radical (unpaired) electrons. The number of amides is 1. The van der Waals surface area contributed by atoms with E-state index in [9.17, 15) is 4.79 Å². The number of pyridine rings is 1. The molecule has 4 aromatic rings. The number of imidazole rings is 1. The van der Waals surface area contributed by atoms with Crippen LogP contribution < -0.4 is 5.32 Å². The van der Waals surface area contributed by atoms with Crippen molar-refractivity contribution in [3.63, 3.8) is 0 Å². The van der Waals surface area contributed by atoms with Crippen molar-refractivity contribution in [1.82, 2.24) is 14.5 Å². The van der Waals surface area contributed by atoms with Gasteiger partial charge in [-0.3, -0.25) is 9.78 Å². The summed E-state index contributed by atoms with van der Waals surface area (Å²) in [6.07, 6.45) is 5.77. The zero-order valence-corrected chi connectivity index (χ0v) is 17.1. The van der Waals surface area contributed by atoms with E-state index in [1.54, 1.807) is 0 Å². The highest BCUT2D eigenvalue weighted by molar-refractivity contribution is 8.13. The lowest BCUT2D eigenvalue weighted by molar-refractivity contribution is 0.270. The Kier molecular flexibility index (Phi) is 5.07. The van der Waals surface area contributed by atoms with E-state index in [1.165, 1.54) is 11.8 Å². The van der Waals surface area contributed by atoms with Gasteiger partial charge in [0, 0.05) is 47.1 Å². The topological polar surface area (TPSA) is 59.8 Å². The maximum Gasteiger partial charge on any atom is 0.288 e. The molecule has 5 rings (SSSR count). The van der Waals surface area contributed by atoms with Crippen molar-refractivity contribution < 1.29 is 4.79 Å². The average Bonchev–Trinajstić information content (AvgIpc) is 3.37. The second kappa shape index (κ2) is 8.16. The predicted molar refractivity (Wildman–Crippen MR) is 121 cm³/mol. The summed E-state index contributed by atoms with van der Waals surface area (Å²) in [7, 11) is 0. The number of thioether (sulfide) groups is 1. The van der Waals surface area contributed by atoms with Crippen LogP contribution in [-0.4, -0.2) is 19.8 Å². The Bertz CT molecular complexity index is 1170. The van der Waals surface area contributed by atoms with Gasteiger partial charge < -0.3 is 9.88 Å². The van der Waals surface area contributed by atoms with Crippen LogP contribution in [0.25, 0.3) is 22.5 Å². The first-order valence-electron chi connectivity index (χ1n) is 9.92. The third-order valence-electron chi connectivity index (χ3n) is 5.14. The zero-order chi connectivity index (χ0) is 20.3. The second-order valence-corrected chi connectivity index (χ2v) is 8.17. The molecule has 0 atom stereocenters. The van der Waals surface area contributed by atoms with Gasteiger partial charge in [0.05, 0.1) is 11.4 Å². The molecule has 0 spiro atoms. The van der Waals surface area contributed by atoms with Crippen LogP contribution in [0.3, 0.4) is 0 Å². The fourth-order valence-electron chi connectivity index (χ4n) is 3.78. The second-order valence-electron chi connectivity index (χ2n) is 7.12. The SMILES string of the molecule is O=C(Nc1ccccc1)Sc1ccc(-c2nc3n(c2-c2ccncc2)CCC3)cc1. The van der Waals surface area contributed by atoms with Gasteiger partial charge in [0.2, 0.25) is 0 Å². The minimum atomic E-state index is -0.104. The number of hydrogen-bond acceptors (Lipinski definition) is 4. The van der Waals surface area contributed by atoms with E-state index >= 15 is 0 Å². The lowest BCUT2D eigenvalue weighted by Gasteiger charge is -2.09. The molecule has 1 amide bonds. The van der Waals surface area contributed by atoms with E-state index in [4.69, 9.17) is 4.98 Å². The molecule has 1 N–H and O–H groups in total. The van der Waals surface area contributed by atoms with Crippen molar-refractivity contribution in [3.8, 4) is 22.5 Å². The monoisotopic (exact) mass is 412 g/mol. The Hall–Kier alpha value is -3.38. The zero-order valence-electron chi connectivity index (χ0n) is 16.3. The summed E-state index contributed by atoms with van der Waals surface area (Å²) in [4.78, 5) is 22.3. The third kappa shape index (κ3) is 3.74. The standard InChI is InChI=1S/C24H20N4OS/c29-24(26-19-5-2-1-3-6-19)30-20-10-8-17(9-11-20)22-23(18-12-14-25-15-13-18)28-16-4-7-21(28)27-22/h1-3,5-6,8-15H,4,7,16H2,(H,26,29). The smallest absolute Gasteiger partial charge is 0.288 e.